The van der Waals surface area contributed by atoms with Gasteiger partial charge in [-0.15, -0.1) is 0 Å². The molecule has 0 saturated heterocycles. The van der Waals surface area contributed by atoms with E-state index in [-0.39, 0.29) is 11.4 Å². The summed E-state index contributed by atoms with van der Waals surface area (Å²) in [6.07, 6.45) is 7.20. The van der Waals surface area contributed by atoms with Crippen molar-refractivity contribution in [2.24, 2.45) is 11.7 Å². The predicted molar refractivity (Wildman–Crippen MR) is 86.6 cm³/mol. The molecule has 1 fully saturated rings. The highest BCUT2D eigenvalue weighted by Crippen LogP contribution is 2.33. The number of rotatable bonds is 5. The minimum absolute atomic E-state index is 0.0606. The molecule has 0 radical (unpaired) electrons. The van der Waals surface area contributed by atoms with Gasteiger partial charge in [0.15, 0.2) is 0 Å². The Balaban J connectivity index is 2.19. The van der Waals surface area contributed by atoms with Gasteiger partial charge in [-0.2, -0.15) is 0 Å². The van der Waals surface area contributed by atoms with Crippen molar-refractivity contribution in [3.63, 3.8) is 0 Å². The third-order valence-electron chi connectivity index (χ3n) is 4.74. The van der Waals surface area contributed by atoms with Gasteiger partial charge in [0.05, 0.1) is 10.6 Å². The minimum atomic E-state index is -0.275. The molecule has 118 valence electrons. The van der Waals surface area contributed by atoms with E-state index in [1.807, 2.05) is 10.8 Å². The summed E-state index contributed by atoms with van der Waals surface area (Å²) >= 11 is 6.06. The van der Waals surface area contributed by atoms with Gasteiger partial charge in [-0.25, -0.2) is 0 Å². The maximum atomic E-state index is 12.7. The van der Waals surface area contributed by atoms with Crippen LogP contribution in [0, 0.1) is 5.92 Å². The van der Waals surface area contributed by atoms with Crippen molar-refractivity contribution in [3.05, 3.63) is 23.0 Å². The molecule has 0 spiro atoms. The largest absolute Gasteiger partial charge is 0.344 e. The molecular formula is C16H26ClN3O. The fourth-order valence-corrected chi connectivity index (χ4v) is 3.56. The molecule has 1 amide bonds. The fraction of sp³-hybridized carbons (Fsp3) is 0.688. The second kappa shape index (κ2) is 6.84. The molecule has 1 aromatic rings. The molecule has 5 heteroatoms. The highest BCUT2D eigenvalue weighted by molar-refractivity contribution is 6.31. The number of hydrogen-bond donors (Lipinski definition) is 2. The van der Waals surface area contributed by atoms with Crippen molar-refractivity contribution in [3.8, 4) is 0 Å². The molecular weight excluding hydrogens is 286 g/mol. The monoisotopic (exact) mass is 311 g/mol. The minimum Gasteiger partial charge on any atom is -0.344 e. The number of halogens is 1. The lowest BCUT2D eigenvalue weighted by molar-refractivity contribution is 0.0803. The maximum absolute atomic E-state index is 12.7. The molecule has 1 aliphatic carbocycles. The quantitative estimate of drug-likeness (QED) is 0.877. The Morgan fingerprint density at radius 2 is 2.33 bits per heavy atom. The Morgan fingerprint density at radius 3 is 2.95 bits per heavy atom. The molecule has 1 aliphatic rings. The summed E-state index contributed by atoms with van der Waals surface area (Å²) < 4.78 is 1.93. The highest BCUT2D eigenvalue weighted by Gasteiger charge is 2.38. The number of carbonyl (C=O) groups excluding carboxylic acids is 1. The van der Waals surface area contributed by atoms with Crippen molar-refractivity contribution in [2.75, 3.05) is 6.54 Å². The Hall–Kier alpha value is -1.00. The third kappa shape index (κ3) is 3.43. The van der Waals surface area contributed by atoms with Gasteiger partial charge < -0.3 is 15.6 Å². The van der Waals surface area contributed by atoms with Crippen LogP contribution >= 0.6 is 11.6 Å². The molecule has 2 atom stereocenters. The second-order valence-electron chi connectivity index (χ2n) is 6.20. The Labute approximate surface area is 132 Å². The summed E-state index contributed by atoms with van der Waals surface area (Å²) in [4.78, 5) is 12.7. The molecule has 4 nitrogen and oxygen atoms in total. The standard InChI is InChI=1S/C16H26ClN3O/c1-3-8-20-10-13(17)9-14(20)15(21)19-16(11-18)7-5-4-6-12(16)2/h9-10,12H,3-8,11,18H2,1-2H3,(H,19,21). The van der Waals surface area contributed by atoms with E-state index in [0.29, 0.717) is 23.2 Å². The van der Waals surface area contributed by atoms with Crippen molar-refractivity contribution in [1.29, 1.82) is 0 Å². The second-order valence-corrected chi connectivity index (χ2v) is 6.63. The zero-order valence-corrected chi connectivity index (χ0v) is 13.7. The number of nitrogens with zero attached hydrogens (tertiary/aromatic N) is 1. The van der Waals surface area contributed by atoms with Gasteiger partial charge in [0.1, 0.15) is 5.69 Å². The van der Waals surface area contributed by atoms with Crippen LogP contribution in [0.4, 0.5) is 0 Å². The van der Waals surface area contributed by atoms with E-state index < -0.39 is 0 Å². The van der Waals surface area contributed by atoms with E-state index in [4.69, 9.17) is 17.3 Å². The fourth-order valence-electron chi connectivity index (χ4n) is 3.33. The van der Waals surface area contributed by atoms with Crippen LogP contribution in [0.5, 0.6) is 0 Å². The Morgan fingerprint density at radius 1 is 1.57 bits per heavy atom. The molecule has 1 heterocycles. The van der Waals surface area contributed by atoms with Gasteiger partial charge in [0, 0.05) is 19.3 Å². The van der Waals surface area contributed by atoms with Gasteiger partial charge in [-0.1, -0.05) is 38.3 Å². The van der Waals surface area contributed by atoms with Crippen LogP contribution in [0.3, 0.4) is 0 Å². The number of carbonyl (C=O) groups is 1. The van der Waals surface area contributed by atoms with Gasteiger partial charge >= 0.3 is 0 Å². The summed E-state index contributed by atoms with van der Waals surface area (Å²) in [5, 5.41) is 3.82. The molecule has 21 heavy (non-hydrogen) atoms. The van der Waals surface area contributed by atoms with Gasteiger partial charge in [0.25, 0.3) is 5.91 Å². The van der Waals surface area contributed by atoms with Gasteiger partial charge in [0.2, 0.25) is 0 Å². The SMILES string of the molecule is CCCn1cc(Cl)cc1C(=O)NC1(CN)CCCCC1C. The van der Waals surface area contributed by atoms with E-state index in [2.05, 4.69) is 19.2 Å². The molecule has 0 aliphatic heterocycles. The average molecular weight is 312 g/mol. The van der Waals surface area contributed by atoms with Crippen LogP contribution in [-0.4, -0.2) is 22.6 Å². The number of aromatic nitrogens is 1. The number of amides is 1. The number of hydrogen-bond acceptors (Lipinski definition) is 2. The average Bonchev–Trinajstić information content (AvgIpc) is 2.83. The number of nitrogens with two attached hydrogens (primary N) is 1. The predicted octanol–water partition coefficient (Wildman–Crippen LogP) is 3.19. The normalized spacial score (nSPS) is 25.8. The summed E-state index contributed by atoms with van der Waals surface area (Å²) in [6, 6.07) is 1.74. The third-order valence-corrected chi connectivity index (χ3v) is 4.95. The number of aryl methyl sites for hydroxylation is 1. The van der Waals surface area contributed by atoms with E-state index in [1.165, 1.54) is 6.42 Å². The maximum Gasteiger partial charge on any atom is 0.268 e. The molecule has 0 aromatic carbocycles. The lowest BCUT2D eigenvalue weighted by Crippen LogP contribution is -2.59. The van der Waals surface area contributed by atoms with Crippen LogP contribution in [0.1, 0.15) is 56.4 Å². The summed E-state index contributed by atoms with van der Waals surface area (Å²) in [6.45, 7) is 5.55. The summed E-state index contributed by atoms with van der Waals surface area (Å²) in [5.41, 5.74) is 6.37. The van der Waals surface area contributed by atoms with Crippen molar-refractivity contribution in [2.45, 2.75) is 58.0 Å². The molecule has 1 saturated carbocycles. The van der Waals surface area contributed by atoms with Crippen LogP contribution < -0.4 is 11.1 Å². The zero-order valence-electron chi connectivity index (χ0n) is 13.0. The van der Waals surface area contributed by atoms with E-state index >= 15 is 0 Å². The molecule has 2 rings (SSSR count). The first-order chi connectivity index (χ1) is 10.0. The first-order valence-corrected chi connectivity index (χ1v) is 8.28. The first-order valence-electron chi connectivity index (χ1n) is 7.90. The van der Waals surface area contributed by atoms with Crippen LogP contribution in [-0.2, 0) is 6.54 Å². The molecule has 1 aromatic heterocycles. The van der Waals surface area contributed by atoms with Gasteiger partial charge in [-0.05, 0) is 31.2 Å². The van der Waals surface area contributed by atoms with E-state index in [0.717, 1.165) is 32.2 Å². The summed E-state index contributed by atoms with van der Waals surface area (Å²) in [7, 11) is 0. The van der Waals surface area contributed by atoms with Crippen molar-refractivity contribution in [1.82, 2.24) is 9.88 Å². The molecule has 2 unspecified atom stereocenters. The van der Waals surface area contributed by atoms with Crippen LogP contribution in [0.2, 0.25) is 5.02 Å². The lowest BCUT2D eigenvalue weighted by Gasteiger charge is -2.42. The zero-order chi connectivity index (χ0) is 15.5. The van der Waals surface area contributed by atoms with Crippen LogP contribution in [0.25, 0.3) is 0 Å². The van der Waals surface area contributed by atoms with Crippen molar-refractivity contribution >= 4 is 17.5 Å². The molecule has 3 N–H and O–H groups in total. The van der Waals surface area contributed by atoms with E-state index in [9.17, 15) is 4.79 Å². The lowest BCUT2D eigenvalue weighted by atomic mass is 9.73. The van der Waals surface area contributed by atoms with E-state index in [1.54, 1.807) is 6.07 Å². The summed E-state index contributed by atoms with van der Waals surface area (Å²) in [5.74, 6) is 0.347. The Kier molecular flexibility index (Phi) is 5.33. The Bertz CT molecular complexity index is 500. The number of nitrogens with one attached hydrogen (secondary N) is 1. The smallest absolute Gasteiger partial charge is 0.268 e. The van der Waals surface area contributed by atoms with Crippen molar-refractivity contribution < 1.29 is 4.79 Å². The van der Waals surface area contributed by atoms with Crippen LogP contribution in [0.15, 0.2) is 12.3 Å². The molecule has 0 bridgehead atoms. The first kappa shape index (κ1) is 16.4. The highest BCUT2D eigenvalue weighted by atomic mass is 35.5. The topological polar surface area (TPSA) is 60.0 Å². The van der Waals surface area contributed by atoms with Gasteiger partial charge in [-0.3, -0.25) is 4.79 Å².